The summed E-state index contributed by atoms with van der Waals surface area (Å²) < 4.78 is 16.4. The summed E-state index contributed by atoms with van der Waals surface area (Å²) in [5.41, 5.74) is 4.38. The van der Waals surface area contributed by atoms with Crippen LogP contribution >= 0.6 is 0 Å². The van der Waals surface area contributed by atoms with E-state index in [4.69, 9.17) is 19.3 Å². The van der Waals surface area contributed by atoms with Crippen LogP contribution in [0.4, 0.5) is 4.79 Å². The Bertz CT molecular complexity index is 1350. The van der Waals surface area contributed by atoms with Crippen LogP contribution in [0.3, 0.4) is 0 Å². The van der Waals surface area contributed by atoms with Crippen LogP contribution in [0.2, 0.25) is 0 Å². The predicted molar refractivity (Wildman–Crippen MR) is 183 cm³/mol. The van der Waals surface area contributed by atoms with Gasteiger partial charge in [0.05, 0.1) is 31.8 Å². The van der Waals surface area contributed by atoms with E-state index >= 15 is 0 Å². The van der Waals surface area contributed by atoms with E-state index in [-0.39, 0.29) is 82.5 Å². The molecule has 0 aromatic heterocycles. The molecule has 3 atom stereocenters. The number of aliphatic hydroxyl groups excluding tert-OH is 1. The van der Waals surface area contributed by atoms with E-state index in [1.54, 1.807) is 12.2 Å². The molecule has 1 aliphatic rings. The molecular formula is C37H49N3O8. The molecule has 0 spiro atoms. The van der Waals surface area contributed by atoms with E-state index in [0.717, 1.165) is 22.3 Å². The molecule has 260 valence electrons. The van der Waals surface area contributed by atoms with Crippen molar-refractivity contribution in [3.05, 3.63) is 85.0 Å². The second-order valence-electron chi connectivity index (χ2n) is 12.0. The van der Waals surface area contributed by atoms with Crippen LogP contribution in [0, 0.1) is 11.8 Å². The van der Waals surface area contributed by atoms with Crippen molar-refractivity contribution in [1.82, 2.24) is 16.0 Å². The number of nitrogens with one attached hydrogen (secondary N) is 3. The Morgan fingerprint density at radius 1 is 0.917 bits per heavy atom. The minimum atomic E-state index is -0.985. The van der Waals surface area contributed by atoms with Gasteiger partial charge in [0.1, 0.15) is 19.3 Å². The molecule has 0 saturated carbocycles. The third kappa shape index (κ3) is 11.3. The van der Waals surface area contributed by atoms with Gasteiger partial charge in [0.15, 0.2) is 0 Å². The number of carbonyl (C=O) groups is 4. The van der Waals surface area contributed by atoms with Gasteiger partial charge in [-0.2, -0.15) is 0 Å². The summed E-state index contributed by atoms with van der Waals surface area (Å²) in [5.74, 6) is -2.24. The molecule has 11 nitrogen and oxygen atoms in total. The van der Waals surface area contributed by atoms with Gasteiger partial charge in [-0.15, -0.1) is 13.2 Å². The Kier molecular flexibility index (Phi) is 15.8. The van der Waals surface area contributed by atoms with Crippen molar-refractivity contribution >= 4 is 23.9 Å². The Balaban J connectivity index is 1.55. The van der Waals surface area contributed by atoms with Gasteiger partial charge in [0.25, 0.3) is 0 Å². The number of amides is 3. The molecule has 3 unspecified atom stereocenters. The van der Waals surface area contributed by atoms with Crippen molar-refractivity contribution in [1.29, 1.82) is 0 Å². The average molecular weight is 664 g/mol. The molecule has 11 heteroatoms. The molecule has 0 saturated heterocycles. The Labute approximate surface area is 283 Å². The number of benzene rings is 2. The Morgan fingerprint density at radius 3 is 2.19 bits per heavy atom. The van der Waals surface area contributed by atoms with Gasteiger partial charge in [-0.25, -0.2) is 9.59 Å². The highest BCUT2D eigenvalue weighted by atomic mass is 16.6. The zero-order valence-electron chi connectivity index (χ0n) is 28.0. The Morgan fingerprint density at radius 2 is 1.58 bits per heavy atom. The Hall–Kier alpha value is -4.48. The molecule has 3 amide bonds. The number of aliphatic hydroxyl groups is 1. The standard InChI is InChI=1S/C37H49N3O8/c1-5-7-17-32(40-37(45)48-23-31-29-15-10-8-13-27(29)28-14-9-11-16-30(28)31)36(44)47-24-33(25(3)4)39-35(43)26(12-6-2)22-34(42)38-18-20-46-21-19-41/h5-6,8-11,13-16,25-26,31-33,41H,1-2,7,12,17-24H2,3-4H3,(H,38,42)(H,39,43)(H,40,45). The average Bonchev–Trinajstić information content (AvgIpc) is 3.40. The largest absolute Gasteiger partial charge is 0.462 e. The molecule has 3 rings (SSSR count). The number of hydrogen-bond donors (Lipinski definition) is 4. The van der Waals surface area contributed by atoms with Crippen LogP contribution < -0.4 is 16.0 Å². The second-order valence-corrected chi connectivity index (χ2v) is 12.0. The minimum Gasteiger partial charge on any atom is -0.462 e. The maximum absolute atomic E-state index is 13.2. The lowest BCUT2D eigenvalue weighted by molar-refractivity contribution is -0.148. The molecule has 2 aromatic carbocycles. The number of fused-ring (bicyclic) bond motifs is 3. The molecule has 0 bridgehead atoms. The van der Waals surface area contributed by atoms with Crippen molar-refractivity contribution in [2.24, 2.45) is 11.8 Å². The number of carbonyl (C=O) groups excluding carboxylic acids is 4. The molecular weight excluding hydrogens is 614 g/mol. The van der Waals surface area contributed by atoms with Gasteiger partial charge in [0.2, 0.25) is 11.8 Å². The van der Waals surface area contributed by atoms with E-state index in [9.17, 15) is 19.2 Å². The number of ether oxygens (including phenoxy) is 3. The van der Waals surface area contributed by atoms with Crippen LogP contribution in [0.1, 0.15) is 56.6 Å². The van der Waals surface area contributed by atoms with Crippen molar-refractivity contribution in [2.75, 3.05) is 39.6 Å². The van der Waals surface area contributed by atoms with E-state index in [2.05, 4.69) is 41.2 Å². The first-order chi connectivity index (χ1) is 23.2. The zero-order chi connectivity index (χ0) is 34.9. The quantitative estimate of drug-likeness (QED) is 0.0879. The third-order valence-corrected chi connectivity index (χ3v) is 8.18. The fourth-order valence-electron chi connectivity index (χ4n) is 5.50. The number of alkyl carbamates (subject to hydrolysis) is 1. The van der Waals surface area contributed by atoms with E-state index in [1.165, 1.54) is 0 Å². The maximum atomic E-state index is 13.2. The van der Waals surface area contributed by atoms with Gasteiger partial charge in [-0.3, -0.25) is 9.59 Å². The summed E-state index contributed by atoms with van der Waals surface area (Å²) >= 11 is 0. The summed E-state index contributed by atoms with van der Waals surface area (Å²) in [6, 6.07) is 14.5. The van der Waals surface area contributed by atoms with Crippen LogP contribution in [-0.4, -0.2) is 80.6 Å². The monoisotopic (exact) mass is 663 g/mol. The van der Waals surface area contributed by atoms with E-state index in [0.29, 0.717) is 6.42 Å². The number of rotatable bonds is 21. The number of hydrogen-bond acceptors (Lipinski definition) is 8. The highest BCUT2D eigenvalue weighted by molar-refractivity contribution is 5.86. The van der Waals surface area contributed by atoms with Crippen LogP contribution in [0.25, 0.3) is 11.1 Å². The third-order valence-electron chi connectivity index (χ3n) is 8.18. The highest BCUT2D eigenvalue weighted by Crippen LogP contribution is 2.44. The summed E-state index contributed by atoms with van der Waals surface area (Å²) in [6.45, 7) is 11.7. The molecule has 48 heavy (non-hydrogen) atoms. The predicted octanol–water partition coefficient (Wildman–Crippen LogP) is 4.25. The first kappa shape index (κ1) is 38.0. The van der Waals surface area contributed by atoms with Crippen molar-refractivity contribution in [3.63, 3.8) is 0 Å². The molecule has 1 aliphatic carbocycles. The summed E-state index contributed by atoms with van der Waals surface area (Å²) in [7, 11) is 0. The van der Waals surface area contributed by atoms with Crippen molar-refractivity contribution in [3.8, 4) is 11.1 Å². The summed E-state index contributed by atoms with van der Waals surface area (Å²) in [5, 5.41) is 17.0. The fraction of sp³-hybridized carbons (Fsp3) is 0.459. The zero-order valence-corrected chi connectivity index (χ0v) is 28.0. The molecule has 2 aromatic rings. The highest BCUT2D eigenvalue weighted by Gasteiger charge is 2.31. The van der Waals surface area contributed by atoms with Gasteiger partial charge in [0, 0.05) is 18.9 Å². The SMILES string of the molecule is C=CCCC(NC(=O)OCC1c2ccccc2-c2ccccc21)C(=O)OCC(NC(=O)C(CC=C)CC(=O)NCCOCCO)C(C)C. The topological polar surface area (TPSA) is 152 Å². The lowest BCUT2D eigenvalue weighted by atomic mass is 9.97. The second kappa shape index (κ2) is 20.0. The van der Waals surface area contributed by atoms with Gasteiger partial charge in [-0.1, -0.05) is 74.5 Å². The normalized spacial score (nSPS) is 13.8. The lowest BCUT2D eigenvalue weighted by Crippen LogP contribution is -2.47. The first-order valence-electron chi connectivity index (χ1n) is 16.5. The van der Waals surface area contributed by atoms with Gasteiger partial charge in [-0.05, 0) is 47.4 Å². The van der Waals surface area contributed by atoms with Crippen molar-refractivity contribution in [2.45, 2.75) is 57.5 Å². The van der Waals surface area contributed by atoms with Crippen LogP contribution in [0.5, 0.6) is 0 Å². The van der Waals surface area contributed by atoms with Gasteiger partial charge < -0.3 is 35.3 Å². The molecule has 0 heterocycles. The first-order valence-corrected chi connectivity index (χ1v) is 16.5. The van der Waals surface area contributed by atoms with E-state index < -0.39 is 30.1 Å². The van der Waals surface area contributed by atoms with Crippen LogP contribution in [-0.2, 0) is 28.6 Å². The van der Waals surface area contributed by atoms with E-state index in [1.807, 2.05) is 50.2 Å². The molecule has 0 aliphatic heterocycles. The smallest absolute Gasteiger partial charge is 0.407 e. The summed E-state index contributed by atoms with van der Waals surface area (Å²) in [4.78, 5) is 51.8. The van der Waals surface area contributed by atoms with Crippen LogP contribution in [0.15, 0.2) is 73.8 Å². The van der Waals surface area contributed by atoms with Crippen molar-refractivity contribution < 1.29 is 38.5 Å². The molecule has 4 N–H and O–H groups in total. The fourth-order valence-corrected chi connectivity index (χ4v) is 5.50. The van der Waals surface area contributed by atoms with Gasteiger partial charge >= 0.3 is 12.1 Å². The number of esters is 1. The maximum Gasteiger partial charge on any atom is 0.407 e. The number of allylic oxidation sites excluding steroid dienone is 2. The molecule has 0 radical (unpaired) electrons. The summed E-state index contributed by atoms with van der Waals surface area (Å²) in [6.07, 6.45) is 3.41. The minimum absolute atomic E-state index is 0.0594. The lowest BCUT2D eigenvalue weighted by Gasteiger charge is -2.26. The molecule has 0 fully saturated rings.